The smallest absolute Gasteiger partial charge is 0.381 e. The van der Waals surface area contributed by atoms with Crippen molar-refractivity contribution >= 4 is 26.3 Å². The van der Waals surface area contributed by atoms with Gasteiger partial charge in [0.25, 0.3) is 9.84 Å². The molecule has 2 atom stereocenters. The molecule has 1 rings (SSSR count). The molecular formula is C11H13F4NO3S2. The van der Waals surface area contributed by atoms with Crippen LogP contribution in [0.4, 0.5) is 23.2 Å². The normalized spacial score (nSPS) is 15.5. The Kier molecular flexibility index (Phi) is 5.37. The molecule has 0 saturated heterocycles. The average molecular weight is 347 g/mol. The lowest BCUT2D eigenvalue weighted by Gasteiger charge is -2.18. The molecule has 0 aromatic heterocycles. The fourth-order valence-corrected chi connectivity index (χ4v) is 3.34. The van der Waals surface area contributed by atoms with Gasteiger partial charge >= 0.3 is 5.51 Å². The van der Waals surface area contributed by atoms with Crippen LogP contribution >= 0.6 is 0 Å². The molecule has 0 radical (unpaired) electrons. The fourth-order valence-electron chi connectivity index (χ4n) is 1.62. The molecule has 0 heterocycles. The molecule has 0 saturated carbocycles. The van der Waals surface area contributed by atoms with E-state index in [9.17, 15) is 30.2 Å². The van der Waals surface area contributed by atoms with E-state index in [0.717, 1.165) is 12.1 Å². The Morgan fingerprint density at radius 1 is 1.33 bits per heavy atom. The first kappa shape index (κ1) is 17.9. The van der Waals surface area contributed by atoms with E-state index in [1.807, 2.05) is 0 Å². The molecule has 1 N–H and O–H groups in total. The van der Waals surface area contributed by atoms with Gasteiger partial charge in [0.2, 0.25) is 0 Å². The van der Waals surface area contributed by atoms with Crippen LogP contribution in [0.25, 0.3) is 0 Å². The van der Waals surface area contributed by atoms with E-state index in [4.69, 9.17) is 0 Å². The van der Waals surface area contributed by atoms with E-state index < -0.39 is 42.9 Å². The van der Waals surface area contributed by atoms with Crippen LogP contribution in [-0.4, -0.2) is 36.2 Å². The largest absolute Gasteiger partial charge is 0.501 e. The first-order valence-electron chi connectivity index (χ1n) is 5.62. The first-order chi connectivity index (χ1) is 9.45. The number of rotatable bonds is 5. The molecule has 4 nitrogen and oxygen atoms in total. The second-order valence-electron chi connectivity index (χ2n) is 4.37. The van der Waals surface area contributed by atoms with Crippen LogP contribution in [0.3, 0.4) is 0 Å². The van der Waals surface area contributed by atoms with Gasteiger partial charge in [-0.15, -0.1) is 0 Å². The van der Waals surface area contributed by atoms with Gasteiger partial charge in [0.15, 0.2) is 0 Å². The maximum atomic E-state index is 13.1. The molecule has 2 unspecified atom stereocenters. The van der Waals surface area contributed by atoms with Crippen LogP contribution in [0, 0.1) is 5.82 Å². The van der Waals surface area contributed by atoms with Crippen LogP contribution < -0.4 is 5.32 Å². The highest BCUT2D eigenvalue weighted by Crippen LogP contribution is 2.35. The quantitative estimate of drug-likeness (QED) is 0.830. The van der Waals surface area contributed by atoms with E-state index >= 15 is 0 Å². The summed E-state index contributed by atoms with van der Waals surface area (Å²) in [5.41, 5.74) is -5.92. The molecule has 0 aliphatic heterocycles. The Hall–Kier alpha value is -1.16. The number of hydrogen-bond acceptors (Lipinski definition) is 4. The maximum Gasteiger partial charge on any atom is 0.501 e. The van der Waals surface area contributed by atoms with E-state index in [2.05, 4.69) is 5.32 Å². The summed E-state index contributed by atoms with van der Waals surface area (Å²) in [6.45, 7) is 1.52. The van der Waals surface area contributed by atoms with Gasteiger partial charge in [0.1, 0.15) is 10.7 Å². The summed E-state index contributed by atoms with van der Waals surface area (Å²) >= 11 is 0. The summed E-state index contributed by atoms with van der Waals surface area (Å²) in [6, 6.07) is 1.50. The van der Waals surface area contributed by atoms with Crippen LogP contribution in [0.5, 0.6) is 0 Å². The lowest BCUT2D eigenvalue weighted by atomic mass is 10.3. The molecule has 1 aromatic carbocycles. The summed E-state index contributed by atoms with van der Waals surface area (Å²) < 4.78 is 84.8. The van der Waals surface area contributed by atoms with E-state index in [1.165, 1.54) is 13.2 Å². The Morgan fingerprint density at radius 2 is 1.90 bits per heavy atom. The highest BCUT2D eigenvalue weighted by molar-refractivity contribution is 7.92. The lowest BCUT2D eigenvalue weighted by molar-refractivity contribution is -0.0435. The van der Waals surface area contributed by atoms with Crippen LogP contribution in [0.2, 0.25) is 0 Å². The third kappa shape index (κ3) is 4.40. The molecule has 0 amide bonds. The summed E-state index contributed by atoms with van der Waals surface area (Å²) in [5.74, 6) is -1.00. The standard InChI is InChI=1S/C11H13F4NO3S2/c1-7(6-20(2)17)16-9-4-3-8(12)5-10(9)21(18,19)11(13,14)15/h3-5,7,16H,6H2,1-2H3. The summed E-state index contributed by atoms with van der Waals surface area (Å²) in [7, 11) is -6.91. The molecule has 10 heteroatoms. The maximum absolute atomic E-state index is 13.1. The van der Waals surface area contributed by atoms with Crippen molar-refractivity contribution in [1.29, 1.82) is 0 Å². The van der Waals surface area contributed by atoms with Crippen molar-refractivity contribution in [2.24, 2.45) is 0 Å². The Bertz CT molecular complexity index is 643. The average Bonchev–Trinajstić information content (AvgIpc) is 2.28. The summed E-state index contributed by atoms with van der Waals surface area (Å²) in [5, 5.41) is 2.51. The Labute approximate surface area is 121 Å². The first-order valence-corrected chi connectivity index (χ1v) is 8.83. The molecule has 0 fully saturated rings. The highest BCUT2D eigenvalue weighted by Gasteiger charge is 2.48. The number of halogens is 4. The van der Waals surface area contributed by atoms with Gasteiger partial charge in [0.05, 0.1) is 5.69 Å². The number of alkyl halides is 3. The molecule has 0 bridgehead atoms. The van der Waals surface area contributed by atoms with Crippen molar-refractivity contribution in [3.05, 3.63) is 24.0 Å². The monoisotopic (exact) mass is 347 g/mol. The van der Waals surface area contributed by atoms with Gasteiger partial charge in [-0.05, 0) is 25.1 Å². The van der Waals surface area contributed by atoms with Crippen LogP contribution in [-0.2, 0) is 20.6 Å². The minimum Gasteiger partial charge on any atom is -0.381 e. The van der Waals surface area contributed by atoms with Crippen molar-refractivity contribution in [1.82, 2.24) is 0 Å². The minimum absolute atomic E-state index is 0.100. The SMILES string of the molecule is CC(CS(C)=O)Nc1ccc(F)cc1S(=O)(=O)C(F)(F)F. The number of benzene rings is 1. The highest BCUT2D eigenvalue weighted by atomic mass is 32.2. The molecule has 1 aromatic rings. The van der Waals surface area contributed by atoms with Crippen molar-refractivity contribution in [3.63, 3.8) is 0 Å². The summed E-state index contributed by atoms with van der Waals surface area (Å²) in [6.07, 6.45) is 1.40. The van der Waals surface area contributed by atoms with Crippen molar-refractivity contribution in [2.45, 2.75) is 23.4 Å². The number of anilines is 1. The van der Waals surface area contributed by atoms with E-state index in [0.29, 0.717) is 6.07 Å². The van der Waals surface area contributed by atoms with Crippen molar-refractivity contribution in [2.75, 3.05) is 17.3 Å². The fraction of sp³-hybridized carbons (Fsp3) is 0.455. The van der Waals surface area contributed by atoms with Crippen molar-refractivity contribution in [3.8, 4) is 0 Å². The molecule has 120 valence electrons. The van der Waals surface area contributed by atoms with Gasteiger partial charge in [-0.25, -0.2) is 12.8 Å². The Balaban J connectivity index is 3.27. The number of nitrogens with one attached hydrogen (secondary N) is 1. The number of sulfone groups is 1. The van der Waals surface area contributed by atoms with Crippen LogP contribution in [0.15, 0.2) is 23.1 Å². The lowest BCUT2D eigenvalue weighted by Crippen LogP contribution is -2.27. The third-order valence-electron chi connectivity index (χ3n) is 2.42. The molecule has 0 spiro atoms. The third-order valence-corrected chi connectivity index (χ3v) is 4.92. The van der Waals surface area contributed by atoms with Gasteiger partial charge < -0.3 is 5.32 Å². The van der Waals surface area contributed by atoms with E-state index in [-0.39, 0.29) is 11.4 Å². The minimum atomic E-state index is -5.68. The number of hydrogen-bond donors (Lipinski definition) is 1. The predicted molar refractivity (Wildman–Crippen MR) is 71.7 cm³/mol. The predicted octanol–water partition coefficient (Wildman–Crippen LogP) is 2.30. The van der Waals surface area contributed by atoms with Gasteiger partial charge in [-0.3, -0.25) is 4.21 Å². The van der Waals surface area contributed by atoms with Crippen molar-refractivity contribution < 1.29 is 30.2 Å². The zero-order valence-electron chi connectivity index (χ0n) is 11.1. The Morgan fingerprint density at radius 3 is 2.38 bits per heavy atom. The zero-order chi connectivity index (χ0) is 16.4. The zero-order valence-corrected chi connectivity index (χ0v) is 12.7. The van der Waals surface area contributed by atoms with Gasteiger partial charge in [-0.1, -0.05) is 0 Å². The molecule has 0 aliphatic carbocycles. The summed E-state index contributed by atoms with van der Waals surface area (Å²) in [4.78, 5) is -1.19. The van der Waals surface area contributed by atoms with Crippen LogP contribution in [0.1, 0.15) is 6.92 Å². The van der Waals surface area contributed by atoms with Gasteiger partial charge in [-0.2, -0.15) is 13.2 Å². The second kappa shape index (κ2) is 6.30. The molecule has 0 aliphatic rings. The second-order valence-corrected chi connectivity index (χ2v) is 7.76. The molecular weight excluding hydrogens is 334 g/mol. The van der Waals surface area contributed by atoms with E-state index in [1.54, 1.807) is 0 Å². The van der Waals surface area contributed by atoms with Gasteiger partial charge in [0, 0.05) is 28.9 Å². The topological polar surface area (TPSA) is 63.2 Å². The molecule has 21 heavy (non-hydrogen) atoms.